The lowest BCUT2D eigenvalue weighted by molar-refractivity contribution is -0.169. The molecule has 0 saturated heterocycles. The third-order valence-corrected chi connectivity index (χ3v) is 10.2. The number of rotatable bonds is 28. The molecule has 8 nitrogen and oxygen atoms in total. The molecule has 0 heterocycles. The van der Waals surface area contributed by atoms with Crippen LogP contribution >= 0.6 is 0 Å². The van der Waals surface area contributed by atoms with Crippen LogP contribution in [0.3, 0.4) is 0 Å². The summed E-state index contributed by atoms with van der Waals surface area (Å²) in [6.07, 6.45) is 14.5. The first-order valence-electron chi connectivity index (χ1n) is 18.5. The Hall–Kier alpha value is -1.90. The Balaban J connectivity index is 6.98. The SMILES string of the molecule is CCCCC(CCC)C(=O)O[Si](OC(=O)C(CCC)CCCC)(OC(=O)C(CCC)CCCC)OC(=O)C(CCC)CCCC. The number of unbranched alkanes of at least 4 members (excludes halogenated alkanes) is 4. The zero-order chi connectivity index (χ0) is 34.1. The molecule has 0 radical (unpaired) electrons. The fraction of sp³-hybridized carbons (Fsp3) is 0.889. The summed E-state index contributed by atoms with van der Waals surface area (Å²) in [5.74, 6) is -4.46. The van der Waals surface area contributed by atoms with Crippen LogP contribution in [0.15, 0.2) is 0 Å². The van der Waals surface area contributed by atoms with Crippen molar-refractivity contribution in [2.45, 2.75) is 184 Å². The Morgan fingerprint density at radius 3 is 0.711 bits per heavy atom. The number of carbonyl (C=O) groups excluding carboxylic acids is 4. The van der Waals surface area contributed by atoms with Gasteiger partial charge in [-0.1, -0.05) is 132 Å². The van der Waals surface area contributed by atoms with Crippen LogP contribution in [0.2, 0.25) is 0 Å². The van der Waals surface area contributed by atoms with E-state index in [-0.39, 0.29) is 0 Å². The van der Waals surface area contributed by atoms with Crippen LogP contribution in [0, 0.1) is 23.7 Å². The molecular formula is C36H68O8Si. The van der Waals surface area contributed by atoms with Crippen LogP contribution in [0.1, 0.15) is 184 Å². The van der Waals surface area contributed by atoms with Gasteiger partial charge in [0, 0.05) is 0 Å². The highest BCUT2D eigenvalue weighted by atomic mass is 28.4. The molecule has 0 bridgehead atoms. The molecular weight excluding hydrogens is 588 g/mol. The first-order valence-corrected chi connectivity index (χ1v) is 20.2. The summed E-state index contributed by atoms with van der Waals surface area (Å²) < 4.78 is 24.1. The molecule has 264 valence electrons. The standard InChI is InChI=1S/C36H68O8Si/c1-9-17-25-29(21-13-5)33(37)41-45(42-34(38)30(22-14-6)26-18-10-2,43-35(39)31(23-15-7)27-19-11-3)44-36(40)32(24-16-8)28-20-12-4/h29-32H,9-28H2,1-8H3. The van der Waals surface area contributed by atoms with Gasteiger partial charge in [-0.3, -0.25) is 19.2 Å². The highest BCUT2D eigenvalue weighted by Gasteiger charge is 2.64. The lowest BCUT2D eigenvalue weighted by atomic mass is 9.97. The Morgan fingerprint density at radius 2 is 0.556 bits per heavy atom. The number of hydrogen-bond acceptors (Lipinski definition) is 8. The van der Waals surface area contributed by atoms with Crippen LogP contribution < -0.4 is 0 Å². The Labute approximate surface area is 276 Å². The molecule has 0 N–H and O–H groups in total. The van der Waals surface area contributed by atoms with Crippen molar-refractivity contribution in [2.24, 2.45) is 23.7 Å². The maximum absolute atomic E-state index is 13.8. The van der Waals surface area contributed by atoms with Crippen molar-refractivity contribution >= 4 is 32.9 Å². The average Bonchev–Trinajstić information content (AvgIpc) is 3.01. The largest absolute Gasteiger partial charge is 0.974 e. The maximum atomic E-state index is 13.8. The predicted octanol–water partition coefficient (Wildman–Crippen LogP) is 10.0. The van der Waals surface area contributed by atoms with Crippen LogP contribution in [-0.2, 0) is 36.9 Å². The fourth-order valence-corrected chi connectivity index (χ4v) is 7.57. The Kier molecular flexibility index (Phi) is 25.1. The second-order valence-electron chi connectivity index (χ2n) is 12.7. The normalized spacial score (nSPS) is 15.3. The molecule has 0 aliphatic rings. The van der Waals surface area contributed by atoms with E-state index >= 15 is 0 Å². The topological polar surface area (TPSA) is 105 Å². The molecule has 0 aromatic heterocycles. The van der Waals surface area contributed by atoms with Gasteiger partial charge in [0.15, 0.2) is 0 Å². The summed E-state index contributed by atoms with van der Waals surface area (Å²) in [6.45, 7) is 16.2. The predicted molar refractivity (Wildman–Crippen MR) is 182 cm³/mol. The molecule has 0 rings (SSSR count). The maximum Gasteiger partial charge on any atom is 0.974 e. The highest BCUT2D eigenvalue weighted by Crippen LogP contribution is 2.29. The van der Waals surface area contributed by atoms with Gasteiger partial charge in [0.2, 0.25) is 0 Å². The number of hydrogen-bond donors (Lipinski definition) is 0. The van der Waals surface area contributed by atoms with Crippen LogP contribution in [0.5, 0.6) is 0 Å². The smallest absolute Gasteiger partial charge is 0.422 e. The molecule has 0 aromatic rings. The molecule has 0 aliphatic heterocycles. The summed E-state index contributed by atoms with van der Waals surface area (Å²) in [5, 5.41) is 0. The minimum Gasteiger partial charge on any atom is -0.422 e. The van der Waals surface area contributed by atoms with E-state index in [1.807, 2.05) is 27.7 Å². The van der Waals surface area contributed by atoms with Gasteiger partial charge in [-0.2, -0.15) is 0 Å². The third kappa shape index (κ3) is 17.6. The van der Waals surface area contributed by atoms with Gasteiger partial charge in [-0.25, -0.2) is 0 Å². The van der Waals surface area contributed by atoms with E-state index in [1.54, 1.807) is 0 Å². The van der Waals surface area contributed by atoms with Gasteiger partial charge in [0.25, 0.3) is 0 Å². The zero-order valence-electron chi connectivity index (χ0n) is 30.2. The van der Waals surface area contributed by atoms with E-state index in [0.29, 0.717) is 51.4 Å². The van der Waals surface area contributed by atoms with Crippen molar-refractivity contribution in [3.05, 3.63) is 0 Å². The van der Waals surface area contributed by atoms with Crippen molar-refractivity contribution in [1.82, 2.24) is 0 Å². The lowest BCUT2D eigenvalue weighted by Gasteiger charge is -2.30. The lowest BCUT2D eigenvalue weighted by Crippen LogP contribution is -2.57. The van der Waals surface area contributed by atoms with Crippen LogP contribution in [0.4, 0.5) is 0 Å². The molecule has 4 atom stereocenters. The van der Waals surface area contributed by atoms with Crippen LogP contribution in [0.25, 0.3) is 0 Å². The van der Waals surface area contributed by atoms with Crippen molar-refractivity contribution in [2.75, 3.05) is 0 Å². The van der Waals surface area contributed by atoms with Crippen molar-refractivity contribution in [3.8, 4) is 0 Å². The van der Waals surface area contributed by atoms with Crippen LogP contribution in [-0.4, -0.2) is 32.9 Å². The van der Waals surface area contributed by atoms with Gasteiger partial charge < -0.3 is 17.7 Å². The first kappa shape index (κ1) is 43.1. The van der Waals surface area contributed by atoms with Gasteiger partial charge in [0.1, 0.15) is 0 Å². The molecule has 45 heavy (non-hydrogen) atoms. The van der Waals surface area contributed by atoms with E-state index in [0.717, 1.165) is 77.0 Å². The fourth-order valence-electron chi connectivity index (χ4n) is 5.67. The second-order valence-corrected chi connectivity index (χ2v) is 14.5. The second kappa shape index (κ2) is 26.2. The molecule has 0 aliphatic carbocycles. The molecule has 0 spiro atoms. The molecule has 0 fully saturated rings. The summed E-state index contributed by atoms with van der Waals surface area (Å²) >= 11 is 0. The summed E-state index contributed by atoms with van der Waals surface area (Å²) in [5.41, 5.74) is 0. The minimum atomic E-state index is -4.97. The quantitative estimate of drug-likeness (QED) is 0.0766. The van der Waals surface area contributed by atoms with E-state index in [1.165, 1.54) is 0 Å². The highest BCUT2D eigenvalue weighted by molar-refractivity contribution is 6.61. The van der Waals surface area contributed by atoms with Gasteiger partial charge >= 0.3 is 32.9 Å². The molecule has 4 unspecified atom stereocenters. The zero-order valence-corrected chi connectivity index (χ0v) is 31.2. The third-order valence-electron chi connectivity index (χ3n) is 8.41. The van der Waals surface area contributed by atoms with Crippen molar-refractivity contribution in [3.63, 3.8) is 0 Å². The van der Waals surface area contributed by atoms with Crippen molar-refractivity contribution in [1.29, 1.82) is 0 Å². The summed E-state index contributed by atoms with van der Waals surface area (Å²) in [6, 6.07) is 0. The van der Waals surface area contributed by atoms with E-state index < -0.39 is 56.6 Å². The van der Waals surface area contributed by atoms with Gasteiger partial charge in [-0.05, 0) is 51.4 Å². The van der Waals surface area contributed by atoms with E-state index in [4.69, 9.17) is 17.7 Å². The molecule has 0 saturated carbocycles. The van der Waals surface area contributed by atoms with Gasteiger partial charge in [0.05, 0.1) is 23.7 Å². The average molecular weight is 657 g/mol. The van der Waals surface area contributed by atoms with Crippen molar-refractivity contribution < 1.29 is 36.9 Å². The summed E-state index contributed by atoms with van der Waals surface area (Å²) in [4.78, 5) is 55.4. The Morgan fingerprint density at radius 1 is 0.356 bits per heavy atom. The Bertz CT molecular complexity index is 683. The minimum absolute atomic E-state index is 0.484. The molecule has 0 amide bonds. The first-order chi connectivity index (χ1) is 21.6. The van der Waals surface area contributed by atoms with E-state index in [9.17, 15) is 19.2 Å². The molecule has 0 aromatic carbocycles. The molecule has 9 heteroatoms. The summed E-state index contributed by atoms with van der Waals surface area (Å²) in [7, 11) is -4.97. The van der Waals surface area contributed by atoms with Gasteiger partial charge in [-0.15, -0.1) is 0 Å². The monoisotopic (exact) mass is 656 g/mol. The number of carbonyl (C=O) groups is 4. The van der Waals surface area contributed by atoms with E-state index in [2.05, 4.69) is 27.7 Å².